The first-order chi connectivity index (χ1) is 8.58. The molecule has 1 heterocycles. The minimum Gasteiger partial charge on any atom is -0.396 e. The van der Waals surface area contributed by atoms with Gasteiger partial charge in [0, 0.05) is 18.3 Å². The third-order valence-corrected chi connectivity index (χ3v) is 2.66. The number of rotatable bonds is 3. The summed E-state index contributed by atoms with van der Waals surface area (Å²) < 4.78 is 26.4. The highest BCUT2D eigenvalue weighted by atomic mass is 19.1. The van der Waals surface area contributed by atoms with Gasteiger partial charge in [-0.1, -0.05) is 0 Å². The molecule has 0 aliphatic rings. The molecule has 0 aliphatic heterocycles. The number of nitrogens with two attached hydrogens (primary N) is 1. The number of nitrogens with zero attached hydrogens (tertiary/aromatic N) is 1. The largest absolute Gasteiger partial charge is 0.396 e. The van der Waals surface area contributed by atoms with Crippen LogP contribution in [0.25, 0.3) is 0 Å². The van der Waals surface area contributed by atoms with Crippen LogP contribution >= 0.6 is 0 Å². The Morgan fingerprint density at radius 3 is 2.83 bits per heavy atom. The standard InChI is InChI=1S/C13H13F2N3/c1-8-4-5-17-13(12(8)16)18-7-9-6-10(14)2-3-11(9)15/h2-6H,7,16H2,1H3,(H,17,18). The molecule has 0 spiro atoms. The van der Waals surface area contributed by atoms with Crippen LogP contribution < -0.4 is 11.1 Å². The van der Waals surface area contributed by atoms with Crippen LogP contribution in [0.1, 0.15) is 11.1 Å². The lowest BCUT2D eigenvalue weighted by Crippen LogP contribution is -2.07. The molecule has 0 radical (unpaired) electrons. The highest BCUT2D eigenvalue weighted by Crippen LogP contribution is 2.20. The zero-order valence-electron chi connectivity index (χ0n) is 9.87. The summed E-state index contributed by atoms with van der Waals surface area (Å²) in [5, 5.41) is 2.90. The zero-order valence-corrected chi connectivity index (χ0v) is 9.87. The van der Waals surface area contributed by atoms with Crippen LogP contribution in [0.3, 0.4) is 0 Å². The highest BCUT2D eigenvalue weighted by molar-refractivity contribution is 5.64. The molecule has 3 nitrogen and oxygen atoms in total. The van der Waals surface area contributed by atoms with Crippen LogP contribution in [0.2, 0.25) is 0 Å². The monoisotopic (exact) mass is 249 g/mol. The Hall–Kier alpha value is -2.17. The minimum absolute atomic E-state index is 0.129. The number of aryl methyl sites for hydroxylation is 1. The van der Waals surface area contributed by atoms with Crippen LogP contribution in [0, 0.1) is 18.6 Å². The lowest BCUT2D eigenvalue weighted by atomic mass is 10.2. The van der Waals surface area contributed by atoms with Gasteiger partial charge < -0.3 is 11.1 Å². The van der Waals surface area contributed by atoms with Crippen molar-refractivity contribution in [1.29, 1.82) is 0 Å². The number of pyridine rings is 1. The first kappa shape index (κ1) is 12.3. The molecular weight excluding hydrogens is 236 g/mol. The van der Waals surface area contributed by atoms with E-state index in [2.05, 4.69) is 10.3 Å². The molecule has 0 amide bonds. The predicted octanol–water partition coefficient (Wildman–Crippen LogP) is 2.86. The van der Waals surface area contributed by atoms with Gasteiger partial charge >= 0.3 is 0 Å². The summed E-state index contributed by atoms with van der Waals surface area (Å²) in [7, 11) is 0. The summed E-state index contributed by atoms with van der Waals surface area (Å²) in [5.74, 6) is -0.466. The zero-order chi connectivity index (χ0) is 13.1. The van der Waals surface area contributed by atoms with Gasteiger partial charge in [-0.15, -0.1) is 0 Å². The highest BCUT2D eigenvalue weighted by Gasteiger charge is 2.06. The van der Waals surface area contributed by atoms with Gasteiger partial charge in [-0.05, 0) is 36.8 Å². The van der Waals surface area contributed by atoms with Gasteiger partial charge in [0.1, 0.15) is 17.5 Å². The number of anilines is 2. The molecule has 0 aliphatic carbocycles. The number of halogens is 2. The molecule has 0 saturated heterocycles. The van der Waals surface area contributed by atoms with E-state index < -0.39 is 11.6 Å². The summed E-state index contributed by atoms with van der Waals surface area (Å²) in [6, 6.07) is 5.11. The van der Waals surface area contributed by atoms with Crippen molar-refractivity contribution in [3.63, 3.8) is 0 Å². The Bertz CT molecular complexity index is 568. The quantitative estimate of drug-likeness (QED) is 0.879. The average molecular weight is 249 g/mol. The molecule has 0 atom stereocenters. The van der Waals surface area contributed by atoms with E-state index in [9.17, 15) is 8.78 Å². The van der Waals surface area contributed by atoms with Crippen molar-refractivity contribution < 1.29 is 8.78 Å². The topological polar surface area (TPSA) is 50.9 Å². The summed E-state index contributed by atoms with van der Waals surface area (Å²) in [6.45, 7) is 1.98. The fourth-order valence-corrected chi connectivity index (χ4v) is 1.57. The van der Waals surface area contributed by atoms with E-state index in [0.717, 1.165) is 23.8 Å². The van der Waals surface area contributed by atoms with E-state index in [0.29, 0.717) is 11.5 Å². The third kappa shape index (κ3) is 2.56. The van der Waals surface area contributed by atoms with Crippen molar-refractivity contribution in [2.45, 2.75) is 13.5 Å². The summed E-state index contributed by atoms with van der Waals surface area (Å²) in [4.78, 5) is 4.05. The summed E-state index contributed by atoms with van der Waals surface area (Å²) >= 11 is 0. The average Bonchev–Trinajstić information content (AvgIpc) is 2.35. The van der Waals surface area contributed by atoms with Gasteiger partial charge in [0.2, 0.25) is 0 Å². The van der Waals surface area contributed by atoms with Gasteiger partial charge in [-0.3, -0.25) is 0 Å². The molecule has 1 aromatic heterocycles. The van der Waals surface area contributed by atoms with Gasteiger partial charge in [0.15, 0.2) is 0 Å². The second kappa shape index (κ2) is 5.00. The second-order valence-corrected chi connectivity index (χ2v) is 3.98. The molecule has 94 valence electrons. The SMILES string of the molecule is Cc1ccnc(NCc2cc(F)ccc2F)c1N. The van der Waals surface area contributed by atoms with Gasteiger partial charge in [-0.25, -0.2) is 13.8 Å². The number of hydrogen-bond acceptors (Lipinski definition) is 3. The van der Waals surface area contributed by atoms with Gasteiger partial charge in [-0.2, -0.15) is 0 Å². The fourth-order valence-electron chi connectivity index (χ4n) is 1.57. The van der Waals surface area contributed by atoms with Gasteiger partial charge in [0.25, 0.3) is 0 Å². The molecule has 0 unspecified atom stereocenters. The first-order valence-electron chi connectivity index (χ1n) is 5.47. The maximum Gasteiger partial charge on any atom is 0.149 e. The summed E-state index contributed by atoms with van der Waals surface area (Å²) in [6.07, 6.45) is 1.61. The second-order valence-electron chi connectivity index (χ2n) is 3.98. The Morgan fingerprint density at radius 1 is 1.28 bits per heavy atom. The lowest BCUT2D eigenvalue weighted by Gasteiger charge is -2.10. The van der Waals surface area contributed by atoms with Crippen LogP contribution in [-0.4, -0.2) is 4.98 Å². The van der Waals surface area contributed by atoms with E-state index in [1.54, 1.807) is 12.3 Å². The molecular formula is C13H13F2N3. The van der Waals surface area contributed by atoms with E-state index in [4.69, 9.17) is 5.73 Å². The number of nitrogen functional groups attached to an aromatic ring is 1. The van der Waals surface area contributed by atoms with E-state index in [1.165, 1.54) is 0 Å². The van der Waals surface area contributed by atoms with Crippen molar-refractivity contribution in [2.24, 2.45) is 0 Å². The first-order valence-corrected chi connectivity index (χ1v) is 5.47. The maximum absolute atomic E-state index is 13.4. The van der Waals surface area contributed by atoms with Crippen molar-refractivity contribution in [2.75, 3.05) is 11.1 Å². The minimum atomic E-state index is -0.474. The predicted molar refractivity (Wildman–Crippen MR) is 67.1 cm³/mol. The normalized spacial score (nSPS) is 10.4. The molecule has 0 fully saturated rings. The van der Waals surface area contributed by atoms with Crippen LogP contribution in [-0.2, 0) is 6.54 Å². The number of nitrogens with one attached hydrogen (secondary N) is 1. The molecule has 0 saturated carbocycles. The molecule has 2 rings (SSSR count). The Kier molecular flexibility index (Phi) is 3.41. The van der Waals surface area contributed by atoms with Crippen molar-refractivity contribution >= 4 is 11.5 Å². The maximum atomic E-state index is 13.4. The molecule has 2 aromatic rings. The number of aromatic nitrogens is 1. The fraction of sp³-hybridized carbons (Fsp3) is 0.154. The molecule has 1 aromatic carbocycles. The van der Waals surface area contributed by atoms with Crippen molar-refractivity contribution in [3.05, 3.63) is 53.2 Å². The number of benzene rings is 1. The Morgan fingerprint density at radius 2 is 2.06 bits per heavy atom. The van der Waals surface area contributed by atoms with Crippen LogP contribution in [0.15, 0.2) is 30.5 Å². The molecule has 18 heavy (non-hydrogen) atoms. The van der Waals surface area contributed by atoms with E-state index in [-0.39, 0.29) is 12.1 Å². The van der Waals surface area contributed by atoms with Crippen molar-refractivity contribution in [3.8, 4) is 0 Å². The Labute approximate surface area is 104 Å². The van der Waals surface area contributed by atoms with E-state index in [1.807, 2.05) is 6.92 Å². The molecule has 3 N–H and O–H groups in total. The van der Waals surface area contributed by atoms with E-state index >= 15 is 0 Å². The van der Waals surface area contributed by atoms with Gasteiger partial charge in [0.05, 0.1) is 5.69 Å². The molecule has 0 bridgehead atoms. The summed E-state index contributed by atoms with van der Waals surface area (Å²) in [5.41, 5.74) is 7.45. The lowest BCUT2D eigenvalue weighted by molar-refractivity contribution is 0.587. The Balaban J connectivity index is 2.16. The molecule has 5 heteroatoms. The van der Waals surface area contributed by atoms with Crippen LogP contribution in [0.5, 0.6) is 0 Å². The smallest absolute Gasteiger partial charge is 0.149 e. The third-order valence-electron chi connectivity index (χ3n) is 2.66. The van der Waals surface area contributed by atoms with Crippen molar-refractivity contribution in [1.82, 2.24) is 4.98 Å². The number of hydrogen-bond donors (Lipinski definition) is 2. The van der Waals surface area contributed by atoms with Crippen LogP contribution in [0.4, 0.5) is 20.3 Å².